The minimum absolute atomic E-state index is 0.392. The van der Waals surface area contributed by atoms with E-state index in [4.69, 9.17) is 15.5 Å². The molecule has 0 radical (unpaired) electrons. The smallest absolute Gasteiger partial charge is 0.127 e. The number of hydrogen-bond acceptors (Lipinski definition) is 3. The van der Waals surface area contributed by atoms with Crippen LogP contribution in [0.4, 0.5) is 5.82 Å². The second-order valence-corrected chi connectivity index (χ2v) is 6.93. The minimum Gasteiger partial charge on any atom is -0.384 e. The van der Waals surface area contributed by atoms with Crippen LogP contribution >= 0.6 is 0 Å². The molecule has 2 N–H and O–H groups in total. The molecule has 0 bridgehead atoms. The molecule has 1 aliphatic carbocycles. The van der Waals surface area contributed by atoms with E-state index in [-0.39, 0.29) is 0 Å². The Hall–Kier alpha value is -1.03. The van der Waals surface area contributed by atoms with E-state index in [0.29, 0.717) is 17.9 Å². The molecule has 2 fully saturated rings. The predicted molar refractivity (Wildman–Crippen MR) is 85.6 cm³/mol. The average molecular weight is 291 g/mol. The maximum absolute atomic E-state index is 6.50. The summed E-state index contributed by atoms with van der Waals surface area (Å²) in [4.78, 5) is 5.06. The predicted octanol–water partition coefficient (Wildman–Crippen LogP) is 3.99. The molecule has 1 aliphatic heterocycles. The van der Waals surface area contributed by atoms with Crippen LogP contribution in [0.25, 0.3) is 0 Å². The van der Waals surface area contributed by atoms with Crippen molar-refractivity contribution >= 4 is 5.82 Å². The van der Waals surface area contributed by atoms with Gasteiger partial charge >= 0.3 is 0 Å². The Bertz CT molecular complexity index is 469. The van der Waals surface area contributed by atoms with Crippen molar-refractivity contribution in [3.05, 3.63) is 11.5 Å². The Kier molecular flexibility index (Phi) is 4.53. The van der Waals surface area contributed by atoms with E-state index < -0.39 is 0 Å². The van der Waals surface area contributed by atoms with Crippen molar-refractivity contribution in [1.29, 1.82) is 0 Å². The average Bonchev–Trinajstić information content (AvgIpc) is 2.87. The lowest BCUT2D eigenvalue weighted by atomic mass is 9.88. The summed E-state index contributed by atoms with van der Waals surface area (Å²) < 4.78 is 7.79. The summed E-state index contributed by atoms with van der Waals surface area (Å²) in [5, 5.41) is 0. The van der Waals surface area contributed by atoms with Crippen LogP contribution in [0.3, 0.4) is 0 Å². The summed E-state index contributed by atoms with van der Waals surface area (Å²) in [7, 11) is 0. The van der Waals surface area contributed by atoms with E-state index in [1.54, 1.807) is 0 Å². The van der Waals surface area contributed by atoms with Gasteiger partial charge in [-0.2, -0.15) is 0 Å². The Labute approximate surface area is 128 Å². The van der Waals surface area contributed by atoms with Gasteiger partial charge in [0, 0.05) is 31.1 Å². The molecule has 0 unspecified atom stereocenters. The first-order chi connectivity index (χ1) is 10.2. The fourth-order valence-corrected chi connectivity index (χ4v) is 3.94. The Morgan fingerprint density at radius 2 is 1.71 bits per heavy atom. The van der Waals surface area contributed by atoms with Crippen molar-refractivity contribution in [2.45, 2.75) is 76.7 Å². The number of anilines is 1. The van der Waals surface area contributed by atoms with Crippen LogP contribution in [0.2, 0.25) is 0 Å². The summed E-state index contributed by atoms with van der Waals surface area (Å²) in [5.41, 5.74) is 7.65. The molecule has 0 amide bonds. The van der Waals surface area contributed by atoms with Gasteiger partial charge in [0.1, 0.15) is 11.6 Å². The highest BCUT2D eigenvalue weighted by molar-refractivity contribution is 5.42. The SMILES string of the molecule is CC(C)n1c(C2CCCCC2)nc(C2CCOCC2)c1N. The second-order valence-electron chi connectivity index (χ2n) is 6.93. The standard InChI is InChI=1S/C17H29N3O/c1-12(2)20-16(18)15(13-8-10-21-11-9-13)19-17(20)14-6-4-3-5-7-14/h12-14H,3-11,18H2,1-2H3. The first-order valence-corrected chi connectivity index (χ1v) is 8.63. The lowest BCUT2D eigenvalue weighted by Gasteiger charge is -2.24. The molecule has 21 heavy (non-hydrogen) atoms. The fraction of sp³-hybridized carbons (Fsp3) is 0.824. The lowest BCUT2D eigenvalue weighted by Crippen LogP contribution is -2.16. The lowest BCUT2D eigenvalue weighted by molar-refractivity contribution is 0.0847. The van der Waals surface area contributed by atoms with Gasteiger partial charge in [0.05, 0.1) is 5.69 Å². The first kappa shape index (κ1) is 14.9. The van der Waals surface area contributed by atoms with E-state index in [1.165, 1.54) is 37.9 Å². The van der Waals surface area contributed by atoms with E-state index in [9.17, 15) is 0 Å². The highest BCUT2D eigenvalue weighted by Gasteiger charge is 2.29. The maximum atomic E-state index is 6.50. The first-order valence-electron chi connectivity index (χ1n) is 8.63. The summed E-state index contributed by atoms with van der Waals surface area (Å²) in [5.74, 6) is 3.26. The number of ether oxygens (including phenoxy) is 1. The molecule has 0 aromatic carbocycles. The summed E-state index contributed by atoms with van der Waals surface area (Å²) in [6, 6.07) is 0.392. The number of imidazole rings is 1. The molecule has 1 aromatic rings. The van der Waals surface area contributed by atoms with Gasteiger partial charge in [0.15, 0.2) is 0 Å². The quantitative estimate of drug-likeness (QED) is 0.916. The third-order valence-electron chi connectivity index (χ3n) is 5.10. The van der Waals surface area contributed by atoms with E-state index in [2.05, 4.69) is 18.4 Å². The summed E-state index contributed by atoms with van der Waals surface area (Å²) >= 11 is 0. The monoisotopic (exact) mass is 291 g/mol. The van der Waals surface area contributed by atoms with Gasteiger partial charge in [0.2, 0.25) is 0 Å². The maximum Gasteiger partial charge on any atom is 0.127 e. The third kappa shape index (κ3) is 2.96. The van der Waals surface area contributed by atoms with Gasteiger partial charge in [0.25, 0.3) is 0 Å². The van der Waals surface area contributed by atoms with Crippen LogP contribution in [0, 0.1) is 0 Å². The number of aromatic nitrogens is 2. The Balaban J connectivity index is 1.94. The summed E-state index contributed by atoms with van der Waals surface area (Å²) in [6.45, 7) is 6.13. The number of nitrogen functional groups attached to an aromatic ring is 1. The molecule has 3 rings (SSSR count). The normalized spacial score (nSPS) is 22.0. The van der Waals surface area contributed by atoms with Crippen LogP contribution < -0.4 is 5.73 Å². The van der Waals surface area contributed by atoms with Crippen molar-refractivity contribution in [3.8, 4) is 0 Å². The Morgan fingerprint density at radius 1 is 1.05 bits per heavy atom. The molecular formula is C17H29N3O. The zero-order valence-electron chi connectivity index (χ0n) is 13.5. The zero-order chi connectivity index (χ0) is 14.8. The molecule has 1 aromatic heterocycles. The van der Waals surface area contributed by atoms with E-state index in [0.717, 1.165) is 37.6 Å². The van der Waals surface area contributed by atoms with Crippen LogP contribution in [-0.2, 0) is 4.74 Å². The van der Waals surface area contributed by atoms with E-state index >= 15 is 0 Å². The van der Waals surface area contributed by atoms with Crippen LogP contribution in [-0.4, -0.2) is 22.8 Å². The number of hydrogen-bond donors (Lipinski definition) is 1. The van der Waals surface area contributed by atoms with Crippen molar-refractivity contribution in [3.63, 3.8) is 0 Å². The van der Waals surface area contributed by atoms with Gasteiger partial charge < -0.3 is 15.0 Å². The van der Waals surface area contributed by atoms with Crippen molar-refractivity contribution < 1.29 is 4.74 Å². The van der Waals surface area contributed by atoms with E-state index in [1.807, 2.05) is 0 Å². The number of nitrogens with zero attached hydrogens (tertiary/aromatic N) is 2. The molecule has 2 aliphatic rings. The van der Waals surface area contributed by atoms with Gasteiger partial charge in [-0.15, -0.1) is 0 Å². The molecule has 4 nitrogen and oxygen atoms in total. The van der Waals surface area contributed by atoms with Crippen LogP contribution in [0.5, 0.6) is 0 Å². The molecule has 1 saturated carbocycles. The highest BCUT2D eigenvalue weighted by atomic mass is 16.5. The van der Waals surface area contributed by atoms with Crippen molar-refractivity contribution in [2.75, 3.05) is 18.9 Å². The van der Waals surface area contributed by atoms with Crippen molar-refractivity contribution in [2.24, 2.45) is 0 Å². The molecule has 0 atom stereocenters. The van der Waals surface area contributed by atoms with Crippen LogP contribution in [0.1, 0.15) is 88.2 Å². The van der Waals surface area contributed by atoms with Gasteiger partial charge in [-0.05, 0) is 39.5 Å². The Morgan fingerprint density at radius 3 is 2.33 bits per heavy atom. The number of rotatable bonds is 3. The topological polar surface area (TPSA) is 53.1 Å². The molecule has 1 saturated heterocycles. The minimum atomic E-state index is 0.392. The molecule has 4 heteroatoms. The summed E-state index contributed by atoms with van der Waals surface area (Å²) in [6.07, 6.45) is 8.71. The van der Waals surface area contributed by atoms with Crippen molar-refractivity contribution in [1.82, 2.24) is 9.55 Å². The molecular weight excluding hydrogens is 262 g/mol. The molecule has 2 heterocycles. The third-order valence-corrected chi connectivity index (χ3v) is 5.10. The molecule has 118 valence electrons. The van der Waals surface area contributed by atoms with Crippen LogP contribution in [0.15, 0.2) is 0 Å². The second kappa shape index (κ2) is 6.39. The fourth-order valence-electron chi connectivity index (χ4n) is 3.94. The van der Waals surface area contributed by atoms with Gasteiger partial charge in [-0.3, -0.25) is 0 Å². The van der Waals surface area contributed by atoms with Gasteiger partial charge in [-0.1, -0.05) is 19.3 Å². The van der Waals surface area contributed by atoms with Gasteiger partial charge in [-0.25, -0.2) is 4.98 Å². The zero-order valence-corrected chi connectivity index (χ0v) is 13.5. The molecule has 0 spiro atoms. The highest BCUT2D eigenvalue weighted by Crippen LogP contribution is 2.38. The number of nitrogens with two attached hydrogens (primary N) is 1. The largest absolute Gasteiger partial charge is 0.384 e.